The number of halogens is 2. The molecule has 0 fully saturated rings. The second-order valence-corrected chi connectivity index (χ2v) is 4.29. The van der Waals surface area contributed by atoms with E-state index in [9.17, 15) is 4.39 Å². The zero-order valence-electron chi connectivity index (χ0n) is 9.72. The Kier molecular flexibility index (Phi) is 3.86. The van der Waals surface area contributed by atoms with E-state index in [0.717, 1.165) is 0 Å². The molecule has 1 aromatic carbocycles. The van der Waals surface area contributed by atoms with Crippen LogP contribution in [-0.4, -0.2) is 12.6 Å². The first kappa shape index (κ1) is 12.9. The molecule has 0 spiro atoms. The molecule has 1 aromatic rings. The van der Waals surface area contributed by atoms with Crippen LogP contribution in [0.1, 0.15) is 20.8 Å². The van der Waals surface area contributed by atoms with Crippen LogP contribution in [0.3, 0.4) is 0 Å². The average Bonchev–Trinajstić information content (AvgIpc) is 2.20. The fourth-order valence-electron chi connectivity index (χ4n) is 1.73. The number of rotatable bonds is 3. The van der Waals surface area contributed by atoms with E-state index in [1.807, 2.05) is 25.7 Å². The van der Waals surface area contributed by atoms with E-state index < -0.39 is 5.82 Å². The van der Waals surface area contributed by atoms with E-state index in [4.69, 9.17) is 23.1 Å². The SMILES string of the molecule is CCN(c1c(N)cc(N)c(Cl)c1F)C(C)C. The van der Waals surface area contributed by atoms with Crippen molar-refractivity contribution in [3.05, 3.63) is 16.9 Å². The van der Waals surface area contributed by atoms with Gasteiger partial charge in [0.2, 0.25) is 0 Å². The van der Waals surface area contributed by atoms with Crippen LogP contribution in [-0.2, 0) is 0 Å². The lowest BCUT2D eigenvalue weighted by Crippen LogP contribution is -2.32. The highest BCUT2D eigenvalue weighted by Gasteiger charge is 2.20. The smallest absolute Gasteiger partial charge is 0.169 e. The summed E-state index contributed by atoms with van der Waals surface area (Å²) in [7, 11) is 0. The summed E-state index contributed by atoms with van der Waals surface area (Å²) in [4.78, 5) is 1.84. The molecule has 0 radical (unpaired) electrons. The minimum Gasteiger partial charge on any atom is -0.397 e. The predicted octanol–water partition coefficient (Wildman–Crippen LogP) is 2.88. The Morgan fingerprint density at radius 2 is 1.94 bits per heavy atom. The van der Waals surface area contributed by atoms with E-state index in [-0.39, 0.29) is 16.8 Å². The molecule has 3 nitrogen and oxygen atoms in total. The van der Waals surface area contributed by atoms with Crippen molar-refractivity contribution in [1.82, 2.24) is 0 Å². The summed E-state index contributed by atoms with van der Waals surface area (Å²) in [6.07, 6.45) is 0. The number of hydrogen-bond acceptors (Lipinski definition) is 3. The second kappa shape index (κ2) is 4.78. The van der Waals surface area contributed by atoms with Crippen molar-refractivity contribution in [1.29, 1.82) is 0 Å². The van der Waals surface area contributed by atoms with E-state index in [1.54, 1.807) is 0 Å². The minimum atomic E-state index is -0.547. The Hall–Kier alpha value is -1.16. The highest BCUT2D eigenvalue weighted by molar-refractivity contribution is 6.33. The number of anilines is 3. The molecule has 0 aliphatic heterocycles. The van der Waals surface area contributed by atoms with Gasteiger partial charge in [0.05, 0.1) is 17.1 Å². The van der Waals surface area contributed by atoms with Crippen LogP contribution in [0.2, 0.25) is 5.02 Å². The lowest BCUT2D eigenvalue weighted by atomic mass is 10.2. The third-order valence-corrected chi connectivity index (χ3v) is 2.87. The van der Waals surface area contributed by atoms with Gasteiger partial charge in [-0.2, -0.15) is 0 Å². The maximum absolute atomic E-state index is 14.0. The topological polar surface area (TPSA) is 55.3 Å². The number of nitrogens with zero attached hydrogens (tertiary/aromatic N) is 1. The summed E-state index contributed by atoms with van der Waals surface area (Å²) < 4.78 is 14.0. The van der Waals surface area contributed by atoms with Gasteiger partial charge < -0.3 is 16.4 Å². The molecule has 90 valence electrons. The highest BCUT2D eigenvalue weighted by atomic mass is 35.5. The van der Waals surface area contributed by atoms with E-state index >= 15 is 0 Å². The first-order chi connectivity index (χ1) is 7.40. The molecule has 0 amide bonds. The van der Waals surface area contributed by atoms with Crippen LogP contribution in [0.5, 0.6) is 0 Å². The minimum absolute atomic E-state index is 0.0664. The second-order valence-electron chi connectivity index (χ2n) is 3.91. The van der Waals surface area contributed by atoms with E-state index in [1.165, 1.54) is 6.07 Å². The van der Waals surface area contributed by atoms with Crippen molar-refractivity contribution in [3.63, 3.8) is 0 Å². The van der Waals surface area contributed by atoms with Crippen molar-refractivity contribution in [2.45, 2.75) is 26.8 Å². The molecule has 0 aliphatic rings. The molecule has 0 bridgehead atoms. The van der Waals surface area contributed by atoms with Crippen molar-refractivity contribution >= 4 is 28.7 Å². The molecule has 0 saturated heterocycles. The first-order valence-electron chi connectivity index (χ1n) is 5.19. The van der Waals surface area contributed by atoms with Gasteiger partial charge in [0.1, 0.15) is 5.02 Å². The van der Waals surface area contributed by atoms with Crippen LogP contribution in [0.25, 0.3) is 0 Å². The molecule has 0 unspecified atom stereocenters. The summed E-state index contributed by atoms with van der Waals surface area (Å²) in [5, 5.41) is -0.0664. The summed E-state index contributed by atoms with van der Waals surface area (Å²) in [5.41, 5.74) is 12.1. The Balaban J connectivity index is 3.38. The Labute approximate surface area is 100 Å². The molecular weight excluding hydrogens is 229 g/mol. The van der Waals surface area contributed by atoms with Crippen molar-refractivity contribution < 1.29 is 4.39 Å². The molecule has 1 rings (SSSR count). The molecular formula is C11H17ClFN3. The Bertz CT molecular complexity index is 393. The van der Waals surface area contributed by atoms with Gasteiger partial charge in [-0.25, -0.2) is 4.39 Å². The van der Waals surface area contributed by atoms with Crippen LogP contribution < -0.4 is 16.4 Å². The summed E-state index contributed by atoms with van der Waals surface area (Å²) in [6.45, 7) is 6.52. The van der Waals surface area contributed by atoms with Crippen LogP contribution in [0, 0.1) is 5.82 Å². The molecule has 5 heteroatoms. The molecule has 0 heterocycles. The van der Waals surface area contributed by atoms with Gasteiger partial charge in [0.25, 0.3) is 0 Å². The monoisotopic (exact) mass is 245 g/mol. The molecule has 16 heavy (non-hydrogen) atoms. The molecule has 0 saturated carbocycles. The van der Waals surface area contributed by atoms with Gasteiger partial charge in [-0.1, -0.05) is 11.6 Å². The van der Waals surface area contributed by atoms with Gasteiger partial charge in [-0.05, 0) is 26.8 Å². The third-order valence-electron chi connectivity index (χ3n) is 2.49. The van der Waals surface area contributed by atoms with Crippen molar-refractivity contribution in [2.75, 3.05) is 22.9 Å². The average molecular weight is 246 g/mol. The van der Waals surface area contributed by atoms with Crippen LogP contribution in [0.15, 0.2) is 6.07 Å². The largest absolute Gasteiger partial charge is 0.397 e. The van der Waals surface area contributed by atoms with Crippen molar-refractivity contribution in [2.24, 2.45) is 0 Å². The Morgan fingerprint density at radius 1 is 1.38 bits per heavy atom. The molecule has 0 aliphatic carbocycles. The quantitative estimate of drug-likeness (QED) is 0.806. The van der Waals surface area contributed by atoms with Crippen LogP contribution >= 0.6 is 11.6 Å². The van der Waals surface area contributed by atoms with E-state index in [2.05, 4.69) is 0 Å². The normalized spacial score (nSPS) is 10.9. The lowest BCUT2D eigenvalue weighted by molar-refractivity contribution is 0.606. The first-order valence-corrected chi connectivity index (χ1v) is 5.57. The summed E-state index contributed by atoms with van der Waals surface area (Å²) in [6, 6.07) is 1.63. The van der Waals surface area contributed by atoms with Crippen LogP contribution in [0.4, 0.5) is 21.5 Å². The fourth-order valence-corrected chi connectivity index (χ4v) is 1.87. The van der Waals surface area contributed by atoms with Gasteiger partial charge in [-0.15, -0.1) is 0 Å². The number of nitrogen functional groups attached to an aromatic ring is 2. The molecule has 0 atom stereocenters. The zero-order chi connectivity index (χ0) is 12.5. The lowest BCUT2D eigenvalue weighted by Gasteiger charge is -2.29. The third kappa shape index (κ3) is 2.16. The van der Waals surface area contributed by atoms with Gasteiger partial charge in [0, 0.05) is 12.6 Å². The zero-order valence-corrected chi connectivity index (χ0v) is 10.5. The summed E-state index contributed by atoms with van der Waals surface area (Å²) in [5.74, 6) is -0.547. The maximum atomic E-state index is 14.0. The fraction of sp³-hybridized carbons (Fsp3) is 0.455. The number of hydrogen-bond donors (Lipinski definition) is 2. The van der Waals surface area contributed by atoms with Crippen molar-refractivity contribution in [3.8, 4) is 0 Å². The summed E-state index contributed by atoms with van der Waals surface area (Å²) >= 11 is 5.78. The van der Waals surface area contributed by atoms with Gasteiger partial charge >= 0.3 is 0 Å². The standard InChI is InChI=1S/C11H17ClFN3/c1-4-16(6(2)3)11-8(15)5-7(14)9(12)10(11)13/h5-6H,4,14-15H2,1-3H3. The number of benzene rings is 1. The van der Waals surface area contributed by atoms with Gasteiger partial charge in [0.15, 0.2) is 5.82 Å². The predicted molar refractivity (Wildman–Crippen MR) is 68.4 cm³/mol. The Morgan fingerprint density at radius 3 is 2.38 bits per heavy atom. The molecule has 0 aromatic heterocycles. The van der Waals surface area contributed by atoms with Gasteiger partial charge in [-0.3, -0.25) is 0 Å². The van der Waals surface area contributed by atoms with E-state index in [0.29, 0.717) is 17.9 Å². The highest BCUT2D eigenvalue weighted by Crippen LogP contribution is 2.36. The maximum Gasteiger partial charge on any atom is 0.169 e. The molecule has 4 N–H and O–H groups in total. The number of nitrogens with two attached hydrogens (primary N) is 2.